The SMILES string of the molecule is [Se]=C=Nc1ccc2ccccc2c1. The number of aliphatic imine (C=N–C) groups is 1. The molecule has 0 aliphatic heterocycles. The molecule has 1 nitrogen and oxygen atoms in total. The van der Waals surface area contributed by atoms with Gasteiger partial charge in [0.05, 0.1) is 0 Å². The van der Waals surface area contributed by atoms with Gasteiger partial charge in [0.15, 0.2) is 0 Å². The van der Waals surface area contributed by atoms with Crippen molar-refractivity contribution in [2.75, 3.05) is 0 Å². The van der Waals surface area contributed by atoms with Crippen LogP contribution in [0.3, 0.4) is 0 Å². The predicted octanol–water partition coefficient (Wildman–Crippen LogP) is 2.55. The van der Waals surface area contributed by atoms with Crippen LogP contribution in [0.4, 0.5) is 5.69 Å². The Labute approximate surface area is 84.5 Å². The van der Waals surface area contributed by atoms with E-state index in [0.717, 1.165) is 5.69 Å². The zero-order chi connectivity index (χ0) is 9.10. The second-order valence-corrected chi connectivity index (χ2v) is 3.12. The molecule has 0 radical (unpaired) electrons. The van der Waals surface area contributed by atoms with E-state index in [1.807, 2.05) is 24.3 Å². The van der Waals surface area contributed by atoms with Gasteiger partial charge in [0.1, 0.15) is 0 Å². The standard InChI is InChI=1S/C11H7NSe/c13-8-12-11-6-5-9-3-1-2-4-10(9)7-11/h1-7H. The van der Waals surface area contributed by atoms with Crippen molar-refractivity contribution >= 4 is 36.7 Å². The number of benzene rings is 2. The van der Waals surface area contributed by atoms with Gasteiger partial charge in [-0.2, -0.15) is 0 Å². The Kier molecular flexibility index (Phi) is 2.37. The summed E-state index contributed by atoms with van der Waals surface area (Å²) >= 11 is 2.62. The number of hydrogen-bond acceptors (Lipinski definition) is 1. The van der Waals surface area contributed by atoms with Crippen LogP contribution in [0.1, 0.15) is 0 Å². The summed E-state index contributed by atoms with van der Waals surface area (Å²) < 4.78 is 2.65. The first-order valence-corrected chi connectivity index (χ1v) is 4.82. The molecule has 0 amide bonds. The van der Waals surface area contributed by atoms with Crippen LogP contribution in [0.25, 0.3) is 10.8 Å². The summed E-state index contributed by atoms with van der Waals surface area (Å²) in [5.41, 5.74) is 0.928. The summed E-state index contributed by atoms with van der Waals surface area (Å²) in [6, 6.07) is 14.3. The van der Waals surface area contributed by atoms with Crippen LogP contribution in [-0.4, -0.2) is 20.3 Å². The van der Waals surface area contributed by atoms with E-state index >= 15 is 0 Å². The molecule has 2 heteroatoms. The summed E-state index contributed by atoms with van der Waals surface area (Å²) in [5, 5.41) is 2.44. The maximum absolute atomic E-state index is 4.05. The molecule has 0 saturated carbocycles. The molecule has 0 saturated heterocycles. The molecule has 0 aliphatic carbocycles. The quantitative estimate of drug-likeness (QED) is 0.529. The fourth-order valence-corrected chi connectivity index (χ4v) is 1.52. The Morgan fingerprint density at radius 2 is 1.77 bits per heavy atom. The minimum atomic E-state index is 0.928. The van der Waals surface area contributed by atoms with E-state index in [4.69, 9.17) is 0 Å². The molecule has 0 aromatic heterocycles. The third-order valence-electron chi connectivity index (χ3n) is 1.91. The molecule has 0 spiro atoms. The van der Waals surface area contributed by atoms with E-state index in [1.54, 1.807) is 0 Å². The van der Waals surface area contributed by atoms with Crippen LogP contribution in [0.15, 0.2) is 47.5 Å². The summed E-state index contributed by atoms with van der Waals surface area (Å²) in [4.78, 5) is 4.05. The van der Waals surface area contributed by atoms with E-state index in [0.29, 0.717) is 0 Å². The maximum atomic E-state index is 4.05. The monoisotopic (exact) mass is 233 g/mol. The van der Waals surface area contributed by atoms with Gasteiger partial charge in [0.25, 0.3) is 0 Å². The summed E-state index contributed by atoms with van der Waals surface area (Å²) in [7, 11) is 0. The second-order valence-electron chi connectivity index (χ2n) is 2.73. The van der Waals surface area contributed by atoms with Gasteiger partial charge in [-0.1, -0.05) is 0 Å². The van der Waals surface area contributed by atoms with Crippen LogP contribution in [-0.2, 0) is 0 Å². The van der Waals surface area contributed by atoms with Crippen molar-refractivity contribution in [3.8, 4) is 0 Å². The molecule has 62 valence electrons. The summed E-state index contributed by atoms with van der Waals surface area (Å²) in [6.07, 6.45) is 0. The molecule has 2 rings (SSSR count). The Balaban J connectivity index is 2.68. The normalized spacial score (nSPS) is 9.54. The second kappa shape index (κ2) is 3.67. The number of nitrogens with zero attached hydrogens (tertiary/aromatic N) is 1. The van der Waals surface area contributed by atoms with Crippen molar-refractivity contribution in [2.45, 2.75) is 0 Å². The fourth-order valence-electron chi connectivity index (χ4n) is 1.30. The van der Waals surface area contributed by atoms with Crippen molar-refractivity contribution in [3.05, 3.63) is 42.5 Å². The van der Waals surface area contributed by atoms with Gasteiger partial charge in [-0.05, 0) is 0 Å². The first-order valence-electron chi connectivity index (χ1n) is 3.97. The van der Waals surface area contributed by atoms with Crippen LogP contribution in [0, 0.1) is 0 Å². The summed E-state index contributed by atoms with van der Waals surface area (Å²) in [6.45, 7) is 0. The van der Waals surface area contributed by atoms with Gasteiger partial charge >= 0.3 is 84.2 Å². The first kappa shape index (κ1) is 8.40. The van der Waals surface area contributed by atoms with Crippen LogP contribution in [0.2, 0.25) is 0 Å². The average Bonchev–Trinajstić information content (AvgIpc) is 2.18. The zero-order valence-corrected chi connectivity index (χ0v) is 8.61. The third kappa shape index (κ3) is 1.76. The van der Waals surface area contributed by atoms with Crippen molar-refractivity contribution < 1.29 is 0 Å². The Morgan fingerprint density at radius 3 is 2.54 bits per heavy atom. The molecule has 0 unspecified atom stereocenters. The van der Waals surface area contributed by atoms with E-state index in [1.165, 1.54) is 10.8 Å². The third-order valence-corrected chi connectivity index (χ3v) is 2.10. The molecular weight excluding hydrogens is 225 g/mol. The Morgan fingerprint density at radius 1 is 1.00 bits per heavy atom. The zero-order valence-electron chi connectivity index (χ0n) is 6.90. The van der Waals surface area contributed by atoms with Gasteiger partial charge < -0.3 is 0 Å². The molecule has 0 aliphatic rings. The molecule has 2 aromatic carbocycles. The Hall–Kier alpha value is -1.20. The minimum absolute atomic E-state index is 0.928. The van der Waals surface area contributed by atoms with Crippen molar-refractivity contribution in [2.24, 2.45) is 4.99 Å². The molecule has 13 heavy (non-hydrogen) atoms. The molecule has 0 bridgehead atoms. The molecular formula is C11H7NSe. The van der Waals surface area contributed by atoms with Crippen LogP contribution >= 0.6 is 0 Å². The van der Waals surface area contributed by atoms with Gasteiger partial charge in [0, 0.05) is 0 Å². The molecule has 0 atom stereocenters. The number of rotatable bonds is 1. The van der Waals surface area contributed by atoms with Gasteiger partial charge in [-0.25, -0.2) is 0 Å². The predicted molar refractivity (Wildman–Crippen MR) is 56.8 cm³/mol. The number of hydrogen-bond donors (Lipinski definition) is 0. The molecule has 0 N–H and O–H groups in total. The van der Waals surface area contributed by atoms with Gasteiger partial charge in [-0.3, -0.25) is 0 Å². The number of fused-ring (bicyclic) bond motifs is 1. The molecule has 0 heterocycles. The topological polar surface area (TPSA) is 12.4 Å². The van der Waals surface area contributed by atoms with Crippen molar-refractivity contribution in [1.29, 1.82) is 0 Å². The van der Waals surface area contributed by atoms with E-state index in [-0.39, 0.29) is 0 Å². The molecule has 0 fully saturated rings. The average molecular weight is 232 g/mol. The van der Waals surface area contributed by atoms with E-state index in [9.17, 15) is 0 Å². The van der Waals surface area contributed by atoms with E-state index < -0.39 is 0 Å². The fraction of sp³-hybridized carbons (Fsp3) is 0. The van der Waals surface area contributed by atoms with Crippen molar-refractivity contribution in [1.82, 2.24) is 0 Å². The summed E-state index contributed by atoms with van der Waals surface area (Å²) in [5.74, 6) is 0. The van der Waals surface area contributed by atoms with Gasteiger partial charge in [0.2, 0.25) is 0 Å². The van der Waals surface area contributed by atoms with E-state index in [2.05, 4.69) is 43.5 Å². The Bertz CT molecular complexity index is 484. The van der Waals surface area contributed by atoms with Crippen LogP contribution in [0.5, 0.6) is 0 Å². The first-order chi connectivity index (χ1) is 6.40. The van der Waals surface area contributed by atoms with Crippen molar-refractivity contribution in [3.63, 3.8) is 0 Å². The van der Waals surface area contributed by atoms with Gasteiger partial charge in [-0.15, -0.1) is 0 Å². The van der Waals surface area contributed by atoms with Crippen LogP contribution < -0.4 is 0 Å². The molecule has 2 aromatic rings.